The van der Waals surface area contributed by atoms with E-state index in [9.17, 15) is 14.4 Å². The van der Waals surface area contributed by atoms with Gasteiger partial charge in [0, 0.05) is 69.1 Å². The van der Waals surface area contributed by atoms with Crippen LogP contribution in [0.4, 0.5) is 10.1 Å². The van der Waals surface area contributed by atoms with Gasteiger partial charge in [-0.25, -0.2) is 4.39 Å². The lowest BCUT2D eigenvalue weighted by Gasteiger charge is -2.29. The monoisotopic (exact) mass is 690 g/mol. The van der Waals surface area contributed by atoms with E-state index in [-0.39, 0.29) is 40.8 Å². The molecule has 1 atom stereocenters. The number of amides is 2. The second-order valence-corrected chi connectivity index (χ2v) is 13.0. The number of nitrogens with one attached hydrogen (secondary N) is 2. The normalized spacial score (nSPS) is 14.3. The molecule has 0 spiro atoms. The van der Waals surface area contributed by atoms with E-state index in [0.29, 0.717) is 49.4 Å². The summed E-state index contributed by atoms with van der Waals surface area (Å²) in [6.45, 7) is 10.7. The van der Waals surface area contributed by atoms with Gasteiger partial charge in [0.2, 0.25) is 11.3 Å². The van der Waals surface area contributed by atoms with Crippen LogP contribution in [-0.2, 0) is 17.6 Å². The molecule has 3 aromatic heterocycles. The van der Waals surface area contributed by atoms with Gasteiger partial charge in [-0.1, -0.05) is 31.2 Å². The second kappa shape index (κ2) is 15.0. The molecule has 2 aliphatic heterocycles. The number of likely N-dealkylation sites (N-methyl/N-ethyl adjacent to an activating group) is 1. The first kappa shape index (κ1) is 35.1. The largest absolute Gasteiger partial charge is 0.451 e. The fourth-order valence-corrected chi connectivity index (χ4v) is 6.51. The fraction of sp³-hybridized carbons (Fsp3) is 0.300. The van der Waals surface area contributed by atoms with Gasteiger partial charge in [-0.3, -0.25) is 19.4 Å². The van der Waals surface area contributed by atoms with E-state index in [4.69, 9.17) is 4.74 Å². The van der Waals surface area contributed by atoms with Crippen molar-refractivity contribution >= 4 is 28.4 Å². The van der Waals surface area contributed by atoms with Crippen molar-refractivity contribution in [1.29, 1.82) is 0 Å². The molecule has 2 N–H and O–H groups in total. The number of carbonyl (C=O) groups is 2. The summed E-state index contributed by atoms with van der Waals surface area (Å²) < 4.78 is 24.3. The number of carbonyl (C=O) groups excluding carboxylic acids is 2. The van der Waals surface area contributed by atoms with Crippen LogP contribution < -0.4 is 20.4 Å². The first-order chi connectivity index (χ1) is 24.6. The Balaban J connectivity index is 0.00000107. The number of H-pyrrole nitrogens is 1. The van der Waals surface area contributed by atoms with Crippen molar-refractivity contribution in [2.75, 3.05) is 31.6 Å². The number of anilines is 1. The van der Waals surface area contributed by atoms with Crippen LogP contribution in [0, 0.1) is 19.7 Å². The minimum absolute atomic E-state index is 0.0564. The van der Waals surface area contributed by atoms with Gasteiger partial charge in [0.25, 0.3) is 5.91 Å². The van der Waals surface area contributed by atoms with E-state index in [1.165, 1.54) is 17.2 Å². The molecule has 0 bridgehead atoms. The molecule has 2 amide bonds. The topological polar surface area (TPSA) is 113 Å². The number of fused-ring (bicyclic) bond motifs is 2. The van der Waals surface area contributed by atoms with Gasteiger partial charge in [0.15, 0.2) is 17.3 Å². The van der Waals surface area contributed by atoms with Crippen LogP contribution in [0.2, 0.25) is 0 Å². The highest BCUT2D eigenvalue weighted by atomic mass is 19.1. The number of nitrogens with zero attached hydrogens (tertiary/aromatic N) is 4. The van der Waals surface area contributed by atoms with Gasteiger partial charge >= 0.3 is 0 Å². The Morgan fingerprint density at radius 2 is 1.96 bits per heavy atom. The SMILES string of the molecule is C=CCC.Cc1[nH]cc(CC(=O)NC2CCN(c3c(F)cc4c(=O)c(C(=O)N(C)CCc5ccccn5)cn5c4c3Oc3ccccc3-5)C2)c1C. The number of rotatable bonds is 9. The standard InChI is InChI=1S/C36H35FN6O4.C4H8/c1-21-22(2)39-18-23(21)16-31(44)40-25-12-15-42(19-25)33-28(37)17-26-32-35(33)47-30-10-5-4-9-29(30)43(32)20-27(34(26)45)36(46)41(3)14-11-24-8-6-7-13-38-24;1-3-4-2/h4-10,13,17-18,20,25,39H,11-12,14-16,19H2,1-3H3,(H,40,44);3H,1,4H2,2H3. The van der Waals surface area contributed by atoms with Crippen molar-refractivity contribution in [3.63, 3.8) is 0 Å². The first-order valence-corrected chi connectivity index (χ1v) is 17.2. The number of pyridine rings is 2. The average molecular weight is 691 g/mol. The number of halogens is 1. The number of ether oxygens (including phenoxy) is 1. The van der Waals surface area contributed by atoms with E-state index in [1.54, 1.807) is 23.9 Å². The third kappa shape index (κ3) is 7.15. The van der Waals surface area contributed by atoms with E-state index in [1.807, 2.05) is 67.4 Å². The summed E-state index contributed by atoms with van der Waals surface area (Å²) in [4.78, 5) is 51.2. The molecule has 5 heterocycles. The maximum absolute atomic E-state index is 16.2. The molecule has 1 fully saturated rings. The molecule has 2 aromatic carbocycles. The predicted molar refractivity (Wildman–Crippen MR) is 198 cm³/mol. The molecule has 51 heavy (non-hydrogen) atoms. The molecule has 7 rings (SSSR count). The molecule has 2 aliphatic rings. The van der Waals surface area contributed by atoms with Crippen LogP contribution in [0.5, 0.6) is 11.5 Å². The number of aryl methyl sites for hydroxylation is 1. The number of hydrogen-bond donors (Lipinski definition) is 2. The van der Waals surface area contributed by atoms with Crippen molar-refractivity contribution in [2.45, 2.75) is 52.5 Å². The molecule has 1 unspecified atom stereocenters. The Labute approximate surface area is 296 Å². The third-order valence-corrected chi connectivity index (χ3v) is 9.53. The summed E-state index contributed by atoms with van der Waals surface area (Å²) in [6, 6.07) is 13.9. The molecule has 0 saturated carbocycles. The van der Waals surface area contributed by atoms with E-state index in [0.717, 1.165) is 28.9 Å². The number of benzene rings is 2. The van der Waals surface area contributed by atoms with Crippen LogP contribution in [0.1, 0.15) is 52.6 Å². The smallest absolute Gasteiger partial charge is 0.259 e. The number of aromatic nitrogens is 3. The highest BCUT2D eigenvalue weighted by Gasteiger charge is 2.34. The molecular formula is C40H43FN6O4. The van der Waals surface area contributed by atoms with Crippen molar-refractivity contribution in [1.82, 2.24) is 24.8 Å². The Bertz CT molecular complexity index is 2160. The number of allylic oxidation sites excluding steroid dienone is 1. The van der Waals surface area contributed by atoms with E-state index >= 15 is 4.39 Å². The zero-order valence-corrected chi connectivity index (χ0v) is 29.5. The van der Waals surface area contributed by atoms with Crippen molar-refractivity contribution in [3.05, 3.63) is 124 Å². The van der Waals surface area contributed by atoms with Gasteiger partial charge in [-0.2, -0.15) is 0 Å². The summed E-state index contributed by atoms with van der Waals surface area (Å²) in [5, 5.41) is 3.16. The molecule has 11 heteroatoms. The minimum atomic E-state index is -0.631. The lowest BCUT2D eigenvalue weighted by atomic mass is 10.1. The Kier molecular flexibility index (Phi) is 10.4. The molecule has 0 aliphatic carbocycles. The van der Waals surface area contributed by atoms with Crippen LogP contribution in [0.3, 0.4) is 0 Å². The molecule has 1 saturated heterocycles. The number of aromatic amines is 1. The van der Waals surface area contributed by atoms with Gasteiger partial charge < -0.3 is 29.4 Å². The first-order valence-electron chi connectivity index (χ1n) is 17.2. The lowest BCUT2D eigenvalue weighted by Crippen LogP contribution is -2.38. The zero-order valence-electron chi connectivity index (χ0n) is 29.5. The van der Waals surface area contributed by atoms with Crippen LogP contribution in [0.15, 0.2) is 84.6 Å². The van der Waals surface area contributed by atoms with Gasteiger partial charge in [0.1, 0.15) is 16.8 Å². The van der Waals surface area contributed by atoms with Crippen LogP contribution in [-0.4, -0.2) is 64.0 Å². The molecule has 10 nitrogen and oxygen atoms in total. The third-order valence-electron chi connectivity index (χ3n) is 9.53. The molecule has 264 valence electrons. The Hall–Kier alpha value is -5.71. The highest BCUT2D eigenvalue weighted by Crippen LogP contribution is 2.47. The van der Waals surface area contributed by atoms with E-state index < -0.39 is 17.2 Å². The van der Waals surface area contributed by atoms with Crippen molar-refractivity contribution in [3.8, 4) is 17.2 Å². The lowest BCUT2D eigenvalue weighted by molar-refractivity contribution is -0.121. The van der Waals surface area contributed by atoms with Crippen LogP contribution >= 0.6 is 0 Å². The van der Waals surface area contributed by atoms with Crippen LogP contribution in [0.25, 0.3) is 16.6 Å². The molecular weight excluding hydrogens is 647 g/mol. The van der Waals surface area contributed by atoms with Gasteiger partial charge in [-0.05, 0) is 68.1 Å². The van der Waals surface area contributed by atoms with Gasteiger partial charge in [-0.15, -0.1) is 6.58 Å². The Morgan fingerprint density at radius 3 is 2.67 bits per heavy atom. The zero-order chi connectivity index (χ0) is 36.2. The number of para-hydroxylation sites is 2. The van der Waals surface area contributed by atoms with E-state index in [2.05, 4.69) is 28.8 Å². The maximum atomic E-state index is 16.2. The fourth-order valence-electron chi connectivity index (χ4n) is 6.51. The number of hydrogen-bond acceptors (Lipinski definition) is 6. The summed E-state index contributed by atoms with van der Waals surface area (Å²) in [7, 11) is 1.64. The Morgan fingerprint density at radius 1 is 1.20 bits per heavy atom. The highest BCUT2D eigenvalue weighted by molar-refractivity contribution is 6.01. The summed E-state index contributed by atoms with van der Waals surface area (Å²) in [5.74, 6) is -0.507. The second-order valence-electron chi connectivity index (χ2n) is 13.0. The van der Waals surface area contributed by atoms with Gasteiger partial charge in [0.05, 0.1) is 17.5 Å². The molecule has 5 aromatic rings. The van der Waals surface area contributed by atoms with Crippen molar-refractivity contribution in [2.24, 2.45) is 0 Å². The average Bonchev–Trinajstić information content (AvgIpc) is 3.72. The summed E-state index contributed by atoms with van der Waals surface area (Å²) in [5.41, 5.74) is 4.49. The maximum Gasteiger partial charge on any atom is 0.259 e. The molecule has 0 radical (unpaired) electrons. The predicted octanol–water partition coefficient (Wildman–Crippen LogP) is 6.41. The summed E-state index contributed by atoms with van der Waals surface area (Å²) in [6.07, 6.45) is 9.45. The summed E-state index contributed by atoms with van der Waals surface area (Å²) >= 11 is 0. The quantitative estimate of drug-likeness (QED) is 0.170. The minimum Gasteiger partial charge on any atom is -0.451 e. The van der Waals surface area contributed by atoms with Crippen molar-refractivity contribution < 1.29 is 18.7 Å².